The van der Waals surface area contributed by atoms with Gasteiger partial charge in [0, 0.05) is 0 Å². The van der Waals surface area contributed by atoms with Crippen LogP contribution in [0.2, 0.25) is 0 Å². The first-order chi connectivity index (χ1) is 14.3. The van der Waals surface area contributed by atoms with Gasteiger partial charge in [-0.3, -0.25) is 5.32 Å². The molecular weight excluding hydrogens is 362 g/mol. The predicted molar refractivity (Wildman–Crippen MR) is 122 cm³/mol. The Balaban J connectivity index is 1.83. The van der Waals surface area contributed by atoms with Gasteiger partial charge in [0.1, 0.15) is 6.10 Å². The molecule has 1 heterocycles. The first kappa shape index (κ1) is 26.3. The van der Waals surface area contributed by atoms with Crippen molar-refractivity contribution in [2.24, 2.45) is 0 Å². The van der Waals surface area contributed by atoms with Crippen molar-refractivity contribution in [3.05, 3.63) is 0 Å². The van der Waals surface area contributed by atoms with Crippen LogP contribution in [-0.4, -0.2) is 25.0 Å². The quantitative estimate of drug-likeness (QED) is 0.173. The molecular formula is C25H49NO3. The van der Waals surface area contributed by atoms with E-state index in [1.165, 1.54) is 89.9 Å². The average Bonchev–Trinajstić information content (AvgIpc) is 3.22. The number of hydrogen-bond donors (Lipinski definition) is 1. The molecule has 2 atom stereocenters. The highest BCUT2D eigenvalue weighted by Crippen LogP contribution is 2.16. The van der Waals surface area contributed by atoms with Crippen LogP contribution in [0.1, 0.15) is 136 Å². The lowest BCUT2D eigenvalue weighted by atomic mass is 10.0. The molecule has 1 fully saturated rings. The summed E-state index contributed by atoms with van der Waals surface area (Å²) in [5, 5.41) is 3.16. The van der Waals surface area contributed by atoms with Crippen LogP contribution in [0.15, 0.2) is 0 Å². The Morgan fingerprint density at radius 1 is 0.828 bits per heavy atom. The molecule has 0 aromatic carbocycles. The molecule has 0 aromatic rings. The van der Waals surface area contributed by atoms with E-state index in [0.29, 0.717) is 0 Å². The van der Waals surface area contributed by atoms with Crippen LogP contribution in [0, 0.1) is 0 Å². The summed E-state index contributed by atoms with van der Waals surface area (Å²) in [6.45, 7) is 5.29. The lowest BCUT2D eigenvalue weighted by Gasteiger charge is -2.18. The largest absolute Gasteiger partial charge is 0.510 e. The van der Waals surface area contributed by atoms with Crippen molar-refractivity contribution in [2.45, 2.75) is 148 Å². The third kappa shape index (κ3) is 15.7. The minimum atomic E-state index is -0.503. The number of unbranched alkanes of at least 4 members (excludes halogenated alkanes) is 14. The maximum Gasteiger partial charge on any atom is 0.510 e. The first-order valence-electron chi connectivity index (χ1n) is 12.9. The molecule has 4 heteroatoms. The van der Waals surface area contributed by atoms with Crippen molar-refractivity contribution in [3.63, 3.8) is 0 Å². The summed E-state index contributed by atoms with van der Waals surface area (Å²) in [5.74, 6) is 0. The fourth-order valence-electron chi connectivity index (χ4n) is 4.12. The van der Waals surface area contributed by atoms with Crippen LogP contribution in [0.3, 0.4) is 0 Å². The molecule has 0 aromatic heterocycles. The van der Waals surface area contributed by atoms with E-state index >= 15 is 0 Å². The summed E-state index contributed by atoms with van der Waals surface area (Å²) >= 11 is 0. The molecule has 0 bridgehead atoms. The van der Waals surface area contributed by atoms with Crippen molar-refractivity contribution < 1.29 is 14.3 Å². The third-order valence-corrected chi connectivity index (χ3v) is 6.10. The van der Waals surface area contributed by atoms with Crippen LogP contribution in [0.4, 0.5) is 4.79 Å². The highest BCUT2D eigenvalue weighted by atomic mass is 16.7. The number of carbonyl (C=O) groups is 1. The smallest absolute Gasteiger partial charge is 0.431 e. The Labute approximate surface area is 180 Å². The standard InChI is InChI=1S/C25H49NO3/c1-3-5-6-7-8-9-10-11-12-13-14-15-16-17-18-20-23(4-2)28-25(27)29-24-21-19-22-26-24/h23-24,26H,3-22H2,1-2H3. The molecule has 4 nitrogen and oxygen atoms in total. The van der Waals surface area contributed by atoms with Crippen LogP contribution in [-0.2, 0) is 9.47 Å². The van der Waals surface area contributed by atoms with E-state index in [4.69, 9.17) is 9.47 Å². The van der Waals surface area contributed by atoms with Crippen LogP contribution in [0.25, 0.3) is 0 Å². The van der Waals surface area contributed by atoms with Gasteiger partial charge >= 0.3 is 6.16 Å². The van der Waals surface area contributed by atoms with Crippen LogP contribution < -0.4 is 5.32 Å². The van der Waals surface area contributed by atoms with E-state index in [1.807, 2.05) is 0 Å². The van der Waals surface area contributed by atoms with Gasteiger partial charge in [0.25, 0.3) is 0 Å². The first-order valence-corrected chi connectivity index (χ1v) is 12.9. The van der Waals surface area contributed by atoms with Crippen molar-refractivity contribution in [1.82, 2.24) is 5.32 Å². The van der Waals surface area contributed by atoms with Gasteiger partial charge < -0.3 is 9.47 Å². The Hall–Kier alpha value is -0.770. The van der Waals surface area contributed by atoms with Crippen LogP contribution in [0.5, 0.6) is 0 Å². The van der Waals surface area contributed by atoms with Gasteiger partial charge in [-0.2, -0.15) is 0 Å². The third-order valence-electron chi connectivity index (χ3n) is 6.10. The minimum absolute atomic E-state index is 0.00544. The second kappa shape index (κ2) is 19.2. The normalized spacial score (nSPS) is 17.4. The lowest BCUT2D eigenvalue weighted by molar-refractivity contribution is -0.00880. The van der Waals surface area contributed by atoms with E-state index in [1.54, 1.807) is 0 Å². The Kier molecular flexibility index (Phi) is 17.4. The van der Waals surface area contributed by atoms with Crippen LogP contribution >= 0.6 is 0 Å². The van der Waals surface area contributed by atoms with Gasteiger partial charge in [-0.15, -0.1) is 0 Å². The van der Waals surface area contributed by atoms with E-state index in [2.05, 4.69) is 19.2 Å². The van der Waals surface area contributed by atoms with Crippen molar-refractivity contribution in [3.8, 4) is 0 Å². The second-order valence-electron chi connectivity index (χ2n) is 8.84. The van der Waals surface area contributed by atoms with Gasteiger partial charge in [-0.1, -0.05) is 104 Å². The Morgan fingerprint density at radius 3 is 1.79 bits per heavy atom. The summed E-state index contributed by atoms with van der Waals surface area (Å²) in [5.41, 5.74) is 0. The fraction of sp³-hybridized carbons (Fsp3) is 0.960. The molecule has 172 valence electrons. The maximum absolute atomic E-state index is 11.8. The van der Waals surface area contributed by atoms with E-state index < -0.39 is 6.16 Å². The van der Waals surface area contributed by atoms with Gasteiger partial charge in [0.05, 0.1) is 0 Å². The van der Waals surface area contributed by atoms with E-state index in [0.717, 1.165) is 38.6 Å². The zero-order valence-corrected chi connectivity index (χ0v) is 19.5. The summed E-state index contributed by atoms with van der Waals surface area (Å²) in [7, 11) is 0. The number of rotatable bonds is 19. The van der Waals surface area contributed by atoms with E-state index in [9.17, 15) is 4.79 Å². The lowest BCUT2D eigenvalue weighted by Crippen LogP contribution is -2.29. The molecule has 1 N–H and O–H groups in total. The molecule has 0 amide bonds. The average molecular weight is 412 g/mol. The van der Waals surface area contributed by atoms with Gasteiger partial charge in [0.15, 0.2) is 6.23 Å². The highest BCUT2D eigenvalue weighted by Gasteiger charge is 2.21. The molecule has 2 unspecified atom stereocenters. The SMILES string of the molecule is CCCCCCCCCCCCCCCCCC(CC)OC(=O)OC1CCCN1. The summed E-state index contributed by atoms with van der Waals surface area (Å²) in [6, 6.07) is 0. The van der Waals surface area contributed by atoms with Crippen molar-refractivity contribution in [1.29, 1.82) is 0 Å². The second-order valence-corrected chi connectivity index (χ2v) is 8.84. The minimum Gasteiger partial charge on any atom is -0.431 e. The molecule has 1 saturated heterocycles. The molecule has 1 aliphatic heterocycles. The Bertz CT molecular complexity index is 369. The number of hydrogen-bond acceptors (Lipinski definition) is 4. The molecule has 1 aliphatic rings. The van der Waals surface area contributed by atoms with Crippen molar-refractivity contribution in [2.75, 3.05) is 6.54 Å². The van der Waals surface area contributed by atoms with Gasteiger partial charge in [0.2, 0.25) is 0 Å². The zero-order chi connectivity index (χ0) is 21.0. The topological polar surface area (TPSA) is 47.6 Å². The molecule has 0 saturated carbocycles. The van der Waals surface area contributed by atoms with Gasteiger partial charge in [-0.25, -0.2) is 4.79 Å². The number of nitrogens with one attached hydrogen (secondary N) is 1. The molecule has 0 spiro atoms. The maximum atomic E-state index is 11.8. The van der Waals surface area contributed by atoms with Gasteiger partial charge in [-0.05, 0) is 38.6 Å². The number of ether oxygens (including phenoxy) is 2. The van der Waals surface area contributed by atoms with E-state index in [-0.39, 0.29) is 12.3 Å². The fourth-order valence-corrected chi connectivity index (χ4v) is 4.12. The number of carbonyl (C=O) groups excluding carboxylic acids is 1. The molecule has 29 heavy (non-hydrogen) atoms. The Morgan fingerprint density at radius 2 is 1.34 bits per heavy atom. The molecule has 1 rings (SSSR count). The van der Waals surface area contributed by atoms with Crippen molar-refractivity contribution >= 4 is 6.16 Å². The predicted octanol–water partition coefficient (Wildman–Crippen LogP) is 7.89. The summed E-state index contributed by atoms with van der Waals surface area (Å²) < 4.78 is 10.8. The summed E-state index contributed by atoms with van der Waals surface area (Å²) in [6.07, 6.45) is 23.8. The summed E-state index contributed by atoms with van der Waals surface area (Å²) in [4.78, 5) is 11.8. The highest BCUT2D eigenvalue weighted by molar-refractivity contribution is 5.60. The molecule has 0 aliphatic carbocycles. The molecule has 0 radical (unpaired) electrons. The zero-order valence-electron chi connectivity index (χ0n) is 19.5. The monoisotopic (exact) mass is 411 g/mol.